The highest BCUT2D eigenvalue weighted by atomic mass is 31.2. The van der Waals surface area contributed by atoms with Crippen molar-refractivity contribution in [3.63, 3.8) is 0 Å². The summed E-state index contributed by atoms with van der Waals surface area (Å²) in [5, 5.41) is 0. The first-order chi connectivity index (χ1) is 42.0. The zero-order valence-electron chi connectivity index (χ0n) is 58.9. The van der Waals surface area contributed by atoms with Gasteiger partial charge < -0.3 is 18.9 Å². The van der Waals surface area contributed by atoms with E-state index in [4.69, 9.17) is 18.5 Å². The Morgan fingerprint density at radius 3 is 0.744 bits per heavy atom. The molecule has 0 rings (SSSR count). The number of ether oxygens (including phenoxy) is 2. The number of rotatable bonds is 74. The third-order valence-corrected chi connectivity index (χ3v) is 19.1. The van der Waals surface area contributed by atoms with E-state index in [9.17, 15) is 19.0 Å². The molecule has 0 aromatic heterocycles. The first-order valence-corrected chi connectivity index (χ1v) is 40.3. The molecule has 0 aliphatic rings. The highest BCUT2D eigenvalue weighted by molar-refractivity contribution is 7.47. The molecule has 0 aliphatic carbocycles. The highest BCUT2D eigenvalue weighted by Gasteiger charge is 2.27. The van der Waals surface area contributed by atoms with Crippen LogP contribution in [0.3, 0.4) is 0 Å². The van der Waals surface area contributed by atoms with Gasteiger partial charge in [-0.2, -0.15) is 0 Å². The summed E-state index contributed by atoms with van der Waals surface area (Å²) >= 11 is 0. The van der Waals surface area contributed by atoms with Gasteiger partial charge in [0.2, 0.25) is 0 Å². The van der Waals surface area contributed by atoms with E-state index in [0.717, 1.165) is 38.5 Å². The van der Waals surface area contributed by atoms with Crippen molar-refractivity contribution in [1.82, 2.24) is 0 Å². The Bertz CT molecular complexity index is 1410. The molecule has 0 radical (unpaired) electrons. The molecule has 2 atom stereocenters. The Morgan fingerprint density at radius 2 is 0.523 bits per heavy atom. The van der Waals surface area contributed by atoms with Crippen LogP contribution in [0.5, 0.6) is 0 Å². The fourth-order valence-corrected chi connectivity index (χ4v) is 12.9. The molecular weight excluding hydrogens is 1090 g/mol. The zero-order chi connectivity index (χ0) is 62.6. The lowest BCUT2D eigenvalue weighted by molar-refractivity contribution is -0.870. The fourth-order valence-electron chi connectivity index (χ4n) is 12.2. The Morgan fingerprint density at radius 1 is 0.314 bits per heavy atom. The summed E-state index contributed by atoms with van der Waals surface area (Å²) in [6, 6.07) is 0. The summed E-state index contributed by atoms with van der Waals surface area (Å²) in [6.07, 6.45) is 83.9. The van der Waals surface area contributed by atoms with Crippen molar-refractivity contribution in [3.8, 4) is 0 Å². The number of esters is 2. The van der Waals surface area contributed by atoms with E-state index in [1.807, 2.05) is 21.1 Å². The summed E-state index contributed by atoms with van der Waals surface area (Å²) < 4.78 is 34.8. The van der Waals surface area contributed by atoms with Gasteiger partial charge in [0.15, 0.2) is 6.10 Å². The van der Waals surface area contributed by atoms with E-state index in [-0.39, 0.29) is 25.6 Å². The molecule has 1 N–H and O–H groups in total. The minimum absolute atomic E-state index is 0.0378. The molecule has 0 spiro atoms. The summed E-state index contributed by atoms with van der Waals surface area (Å²) in [5.41, 5.74) is 0. The van der Waals surface area contributed by atoms with Crippen LogP contribution in [0.15, 0.2) is 0 Å². The molecule has 0 saturated carbocycles. The monoisotopic (exact) mass is 1240 g/mol. The Hall–Kier alpha value is -0.990. The molecule has 0 aliphatic heterocycles. The number of phosphoric ester groups is 1. The Kier molecular flexibility index (Phi) is 67.6. The minimum atomic E-state index is -4.39. The molecule has 0 heterocycles. The predicted molar refractivity (Wildman–Crippen MR) is 372 cm³/mol. The number of hydrogen-bond acceptors (Lipinski definition) is 7. The molecule has 86 heavy (non-hydrogen) atoms. The maximum Gasteiger partial charge on any atom is 0.472 e. The largest absolute Gasteiger partial charge is 0.472 e. The molecule has 0 fully saturated rings. The van der Waals surface area contributed by atoms with Gasteiger partial charge in [0.1, 0.15) is 19.8 Å². The first-order valence-electron chi connectivity index (χ1n) is 38.8. The number of hydrogen-bond donors (Lipinski definition) is 1. The van der Waals surface area contributed by atoms with Crippen LogP contribution in [0.2, 0.25) is 0 Å². The topological polar surface area (TPSA) is 108 Å². The van der Waals surface area contributed by atoms with Crippen LogP contribution < -0.4 is 0 Å². The lowest BCUT2D eigenvalue weighted by Gasteiger charge is -2.24. The van der Waals surface area contributed by atoms with Crippen LogP contribution >= 0.6 is 7.82 Å². The van der Waals surface area contributed by atoms with E-state index in [1.165, 1.54) is 360 Å². The quantitative estimate of drug-likeness (QED) is 0.0278. The average molecular weight is 1240 g/mol. The highest BCUT2D eigenvalue weighted by Crippen LogP contribution is 2.43. The molecule has 514 valence electrons. The molecule has 0 saturated heterocycles. The van der Waals surface area contributed by atoms with E-state index in [1.54, 1.807) is 0 Å². The average Bonchev–Trinajstić information content (AvgIpc) is 3.67. The van der Waals surface area contributed by atoms with Crippen LogP contribution in [0.1, 0.15) is 425 Å². The van der Waals surface area contributed by atoms with Gasteiger partial charge in [-0.3, -0.25) is 18.6 Å². The molecule has 9 nitrogen and oxygen atoms in total. The summed E-state index contributed by atoms with van der Waals surface area (Å²) in [4.78, 5) is 35.9. The van der Waals surface area contributed by atoms with Crippen LogP contribution in [0.4, 0.5) is 0 Å². The summed E-state index contributed by atoms with van der Waals surface area (Å²) in [6.45, 7) is 4.54. The zero-order valence-corrected chi connectivity index (χ0v) is 59.8. The van der Waals surface area contributed by atoms with E-state index in [2.05, 4.69) is 13.8 Å². The number of quaternary nitrogens is 1. The third kappa shape index (κ3) is 72.1. The van der Waals surface area contributed by atoms with Gasteiger partial charge in [-0.1, -0.05) is 399 Å². The number of carbonyl (C=O) groups is 2. The molecule has 0 aromatic rings. The van der Waals surface area contributed by atoms with Gasteiger partial charge in [0.05, 0.1) is 27.7 Å². The van der Waals surface area contributed by atoms with Crippen molar-refractivity contribution in [2.24, 2.45) is 0 Å². The van der Waals surface area contributed by atoms with Crippen molar-refractivity contribution in [2.75, 3.05) is 47.5 Å². The van der Waals surface area contributed by atoms with Gasteiger partial charge in [-0.05, 0) is 12.8 Å². The number of nitrogens with zero attached hydrogens (tertiary/aromatic N) is 1. The second-order valence-corrected chi connectivity index (χ2v) is 29.6. The van der Waals surface area contributed by atoms with Crippen molar-refractivity contribution in [1.29, 1.82) is 0 Å². The molecule has 0 amide bonds. The van der Waals surface area contributed by atoms with Gasteiger partial charge >= 0.3 is 19.8 Å². The standard InChI is InChI=1S/C76H152NO8P/c1-6-8-10-12-14-16-18-20-22-24-26-28-30-32-34-36-37-38-39-40-41-43-45-47-49-51-53-55-57-59-61-63-65-67-69-76(79)85-74(73-84-86(80,81)83-71-70-77(3,4)5)72-82-75(78)68-66-64-62-60-58-56-54-52-50-48-46-44-42-35-33-31-29-27-25-23-21-19-17-15-13-11-9-7-2/h74H,6-73H2,1-5H3/p+1. The normalized spacial score (nSPS) is 13.0. The van der Waals surface area contributed by atoms with Crippen LogP contribution in [-0.4, -0.2) is 74.9 Å². The molecule has 0 aromatic carbocycles. The predicted octanol–water partition coefficient (Wildman–Crippen LogP) is 25.3. The van der Waals surface area contributed by atoms with Gasteiger partial charge in [0, 0.05) is 12.8 Å². The van der Waals surface area contributed by atoms with E-state index in [0.29, 0.717) is 17.4 Å². The lowest BCUT2D eigenvalue weighted by Crippen LogP contribution is -2.37. The van der Waals surface area contributed by atoms with Gasteiger partial charge in [0.25, 0.3) is 0 Å². The lowest BCUT2D eigenvalue weighted by atomic mass is 10.0. The van der Waals surface area contributed by atoms with E-state index < -0.39 is 26.5 Å². The SMILES string of the molecule is CCCCCCCCCCCCCCCCCCCCCCCCCCCCCCCCCCCCC(=O)OC(COC(=O)CCCCCCCCCCCCCCCCCCCCCCCCCCCCCC)COP(=O)(O)OCC[N+](C)(C)C. The first kappa shape index (κ1) is 85.0. The maximum absolute atomic E-state index is 12.9. The number of likely N-dealkylation sites (N-methyl/N-ethyl adjacent to an activating group) is 1. The second-order valence-electron chi connectivity index (χ2n) is 28.1. The van der Waals surface area contributed by atoms with Crippen LogP contribution in [-0.2, 0) is 32.7 Å². The van der Waals surface area contributed by atoms with Crippen molar-refractivity contribution >= 4 is 19.8 Å². The summed E-state index contributed by atoms with van der Waals surface area (Å²) in [5.74, 6) is -0.765. The van der Waals surface area contributed by atoms with Crippen molar-refractivity contribution in [3.05, 3.63) is 0 Å². The molecule has 10 heteroatoms. The fraction of sp³-hybridized carbons (Fsp3) is 0.974. The molecule has 0 bridgehead atoms. The Labute approximate surface area is 537 Å². The summed E-state index contributed by atoms with van der Waals surface area (Å²) in [7, 11) is 1.51. The Balaban J connectivity index is 3.90. The van der Waals surface area contributed by atoms with Crippen molar-refractivity contribution in [2.45, 2.75) is 431 Å². The maximum atomic E-state index is 12.9. The molecular formula is C76H153NO8P+. The van der Waals surface area contributed by atoms with Gasteiger partial charge in [-0.15, -0.1) is 0 Å². The minimum Gasteiger partial charge on any atom is -0.462 e. The molecule has 2 unspecified atom stereocenters. The number of carbonyl (C=O) groups excluding carboxylic acids is 2. The van der Waals surface area contributed by atoms with Crippen LogP contribution in [0, 0.1) is 0 Å². The third-order valence-electron chi connectivity index (χ3n) is 18.1. The van der Waals surface area contributed by atoms with Gasteiger partial charge in [-0.25, -0.2) is 4.57 Å². The number of unbranched alkanes of at least 4 members (excludes halogenated alkanes) is 60. The number of phosphoric acid groups is 1. The smallest absolute Gasteiger partial charge is 0.462 e. The second kappa shape index (κ2) is 68.4. The van der Waals surface area contributed by atoms with Crippen LogP contribution in [0.25, 0.3) is 0 Å². The van der Waals surface area contributed by atoms with Crippen molar-refractivity contribution < 1.29 is 42.1 Å². The van der Waals surface area contributed by atoms with E-state index >= 15 is 0 Å².